The third kappa shape index (κ3) is 6.78. The second-order valence-electron chi connectivity index (χ2n) is 11.3. The molecule has 0 atom stereocenters. The van der Waals surface area contributed by atoms with Crippen LogP contribution in [-0.4, -0.2) is 105 Å². The Hall–Kier alpha value is -3.35. The Morgan fingerprint density at radius 2 is 1.76 bits per heavy atom. The van der Waals surface area contributed by atoms with Crippen molar-refractivity contribution in [2.24, 2.45) is 0 Å². The SMILES string of the molecule is COCCN1CCN(c2ccc(C(=O)N3CSc4c(cccc4-c4cc(N5CCOCC5)c(C(=O)O)cc4F)C3)c(Cl)c2)CC1. The number of thioether (sulfide) groups is 1. The molecule has 0 bridgehead atoms. The van der Waals surface area contributed by atoms with Crippen molar-refractivity contribution in [2.45, 2.75) is 11.4 Å². The van der Waals surface area contributed by atoms with Gasteiger partial charge in [-0.1, -0.05) is 29.8 Å². The monoisotopic (exact) mass is 654 g/mol. The molecule has 9 nitrogen and oxygen atoms in total. The summed E-state index contributed by atoms with van der Waals surface area (Å²) in [6.07, 6.45) is 0. The van der Waals surface area contributed by atoms with Crippen LogP contribution in [0.25, 0.3) is 11.1 Å². The highest BCUT2D eigenvalue weighted by Gasteiger charge is 2.28. The molecule has 0 saturated carbocycles. The molecule has 3 aromatic carbocycles. The number of carboxylic acids is 1. The minimum Gasteiger partial charge on any atom is -0.478 e. The molecule has 0 radical (unpaired) electrons. The predicted octanol–water partition coefficient (Wildman–Crippen LogP) is 5.15. The van der Waals surface area contributed by atoms with E-state index in [2.05, 4.69) is 9.80 Å². The van der Waals surface area contributed by atoms with Crippen LogP contribution in [0.2, 0.25) is 5.02 Å². The van der Waals surface area contributed by atoms with E-state index in [1.165, 1.54) is 11.8 Å². The number of methoxy groups -OCH3 is 1. The minimum atomic E-state index is -1.17. The standard InChI is InChI=1S/C33H36ClFN4O5S/c1-43-14-11-36-7-9-37(10-8-36)23-5-6-25(28(34)17-23)32(40)39-20-22-3-2-4-24(31(22)45-21-39)26-19-30(38-12-15-44-16-13-38)27(33(41)42)18-29(26)35/h2-6,17-19H,7-16,20-21H2,1H3,(H,41,42). The van der Waals surface area contributed by atoms with Crippen molar-refractivity contribution >= 4 is 46.6 Å². The maximum atomic E-state index is 15.5. The summed E-state index contributed by atoms with van der Waals surface area (Å²) in [6.45, 7) is 7.63. The molecule has 45 heavy (non-hydrogen) atoms. The first-order valence-corrected chi connectivity index (χ1v) is 16.4. The van der Waals surface area contributed by atoms with Crippen LogP contribution in [0.15, 0.2) is 53.4 Å². The minimum absolute atomic E-state index is 0.0698. The fourth-order valence-corrected chi connectivity index (χ4v) is 7.52. The number of fused-ring (bicyclic) bond motifs is 1. The lowest BCUT2D eigenvalue weighted by atomic mass is 9.98. The topological polar surface area (TPSA) is 85.8 Å². The van der Waals surface area contributed by atoms with Crippen molar-refractivity contribution in [3.05, 3.63) is 76.1 Å². The largest absolute Gasteiger partial charge is 0.478 e. The van der Waals surface area contributed by atoms with Crippen LogP contribution < -0.4 is 9.80 Å². The van der Waals surface area contributed by atoms with Crippen LogP contribution in [0.1, 0.15) is 26.3 Å². The van der Waals surface area contributed by atoms with E-state index in [0.717, 1.165) is 61.5 Å². The third-order valence-electron chi connectivity index (χ3n) is 8.60. The Bertz CT molecular complexity index is 1580. The summed E-state index contributed by atoms with van der Waals surface area (Å²) in [5, 5.41) is 10.2. The zero-order chi connectivity index (χ0) is 31.5. The molecule has 6 rings (SSSR count). The van der Waals surface area contributed by atoms with Gasteiger partial charge in [0.1, 0.15) is 5.82 Å². The van der Waals surface area contributed by atoms with Gasteiger partial charge in [0, 0.05) is 75.6 Å². The number of halogens is 2. The Morgan fingerprint density at radius 3 is 2.47 bits per heavy atom. The predicted molar refractivity (Wildman–Crippen MR) is 174 cm³/mol. The quantitative estimate of drug-likeness (QED) is 0.354. The molecule has 1 N–H and O–H groups in total. The summed E-state index contributed by atoms with van der Waals surface area (Å²) in [5.74, 6) is -1.56. The van der Waals surface area contributed by atoms with E-state index in [1.807, 2.05) is 35.2 Å². The number of hydrogen-bond acceptors (Lipinski definition) is 8. The second kappa shape index (κ2) is 14.0. The Morgan fingerprint density at radius 1 is 0.978 bits per heavy atom. The average Bonchev–Trinajstić information content (AvgIpc) is 3.07. The van der Waals surface area contributed by atoms with Crippen LogP contribution in [0.5, 0.6) is 0 Å². The lowest BCUT2D eigenvalue weighted by molar-refractivity contribution is 0.0695. The number of piperazine rings is 1. The molecular weight excluding hydrogens is 619 g/mol. The van der Waals surface area contributed by atoms with E-state index in [1.54, 1.807) is 24.1 Å². The van der Waals surface area contributed by atoms with Crippen LogP contribution in [-0.2, 0) is 16.0 Å². The van der Waals surface area contributed by atoms with Crippen molar-refractivity contribution in [2.75, 3.05) is 88.4 Å². The number of rotatable bonds is 8. The number of carbonyl (C=O) groups excluding carboxylic acids is 1. The number of benzene rings is 3. The van der Waals surface area contributed by atoms with E-state index in [0.29, 0.717) is 66.1 Å². The van der Waals surface area contributed by atoms with Gasteiger partial charge in [-0.25, -0.2) is 9.18 Å². The van der Waals surface area contributed by atoms with Crippen molar-refractivity contribution in [3.63, 3.8) is 0 Å². The molecule has 0 spiro atoms. The van der Waals surface area contributed by atoms with Crippen LogP contribution in [0, 0.1) is 5.82 Å². The molecule has 3 aliphatic heterocycles. The van der Waals surface area contributed by atoms with Crippen LogP contribution in [0.4, 0.5) is 15.8 Å². The van der Waals surface area contributed by atoms with Crippen LogP contribution >= 0.6 is 23.4 Å². The van der Waals surface area contributed by atoms with Gasteiger partial charge in [-0.2, -0.15) is 0 Å². The first-order chi connectivity index (χ1) is 21.8. The summed E-state index contributed by atoms with van der Waals surface area (Å²) in [7, 11) is 1.72. The molecule has 3 aromatic rings. The lowest BCUT2D eigenvalue weighted by Crippen LogP contribution is -2.47. The Balaban J connectivity index is 1.20. The smallest absolute Gasteiger partial charge is 0.337 e. The number of nitrogens with zero attached hydrogens (tertiary/aromatic N) is 4. The first kappa shape index (κ1) is 31.6. The highest BCUT2D eigenvalue weighted by Crippen LogP contribution is 2.42. The van der Waals surface area contributed by atoms with E-state index < -0.39 is 11.8 Å². The Labute approximate surface area is 271 Å². The number of amides is 1. The summed E-state index contributed by atoms with van der Waals surface area (Å²) < 4.78 is 26.1. The molecular formula is C33H36ClFN4O5S. The fraction of sp³-hybridized carbons (Fsp3) is 0.394. The molecule has 12 heteroatoms. The van der Waals surface area contributed by atoms with Crippen molar-refractivity contribution in [1.29, 1.82) is 0 Å². The molecule has 238 valence electrons. The lowest BCUT2D eigenvalue weighted by Gasteiger charge is -2.36. The second-order valence-corrected chi connectivity index (χ2v) is 12.7. The van der Waals surface area contributed by atoms with Gasteiger partial charge < -0.3 is 29.3 Å². The maximum Gasteiger partial charge on any atom is 0.337 e. The summed E-state index contributed by atoms with van der Waals surface area (Å²) in [4.78, 5) is 34.9. The van der Waals surface area contributed by atoms with Gasteiger partial charge in [0.2, 0.25) is 0 Å². The molecule has 0 aliphatic carbocycles. The number of morpholine rings is 1. The Kier molecular flexibility index (Phi) is 9.81. The van der Waals surface area contributed by atoms with E-state index in [4.69, 9.17) is 21.1 Å². The molecule has 0 aromatic heterocycles. The highest BCUT2D eigenvalue weighted by molar-refractivity contribution is 7.99. The zero-order valence-corrected chi connectivity index (χ0v) is 26.7. The van der Waals surface area contributed by atoms with Crippen molar-refractivity contribution in [3.8, 4) is 11.1 Å². The average molecular weight is 655 g/mol. The summed E-state index contributed by atoms with van der Waals surface area (Å²) in [5.41, 5.74) is 3.76. The number of ether oxygens (including phenoxy) is 2. The van der Waals surface area contributed by atoms with Gasteiger partial charge in [-0.3, -0.25) is 9.69 Å². The molecule has 1 amide bonds. The highest BCUT2D eigenvalue weighted by atomic mass is 35.5. The third-order valence-corrected chi connectivity index (χ3v) is 10.1. The number of hydrogen-bond donors (Lipinski definition) is 1. The number of carboxylic acid groups (broad SMARTS) is 1. The van der Waals surface area contributed by atoms with E-state index in [9.17, 15) is 14.7 Å². The number of anilines is 2. The fourth-order valence-electron chi connectivity index (χ4n) is 6.12. The van der Waals surface area contributed by atoms with Crippen LogP contribution in [0.3, 0.4) is 0 Å². The molecule has 3 heterocycles. The van der Waals surface area contributed by atoms with Gasteiger partial charge in [-0.15, -0.1) is 11.8 Å². The van der Waals surface area contributed by atoms with Gasteiger partial charge >= 0.3 is 5.97 Å². The molecule has 0 unspecified atom stereocenters. The van der Waals surface area contributed by atoms with Gasteiger partial charge in [0.15, 0.2) is 0 Å². The van der Waals surface area contributed by atoms with E-state index in [-0.39, 0.29) is 11.5 Å². The van der Waals surface area contributed by atoms with Crippen molar-refractivity contribution < 1.29 is 28.6 Å². The first-order valence-electron chi connectivity index (χ1n) is 15.0. The number of carbonyl (C=O) groups is 2. The van der Waals surface area contributed by atoms with E-state index >= 15 is 4.39 Å². The summed E-state index contributed by atoms with van der Waals surface area (Å²) in [6, 6.07) is 14.0. The molecule has 3 aliphatic rings. The molecule has 2 saturated heterocycles. The van der Waals surface area contributed by atoms with Crippen molar-refractivity contribution in [1.82, 2.24) is 9.80 Å². The zero-order valence-electron chi connectivity index (χ0n) is 25.1. The summed E-state index contributed by atoms with van der Waals surface area (Å²) >= 11 is 8.16. The van der Waals surface area contributed by atoms with Gasteiger partial charge in [0.05, 0.1) is 47.5 Å². The number of aromatic carboxylic acids is 1. The normalized spacial score (nSPS) is 17.4. The molecule has 2 fully saturated rings. The van der Waals surface area contributed by atoms with Gasteiger partial charge in [0.25, 0.3) is 5.91 Å². The van der Waals surface area contributed by atoms with Gasteiger partial charge in [-0.05, 0) is 41.5 Å². The maximum absolute atomic E-state index is 15.5.